The first kappa shape index (κ1) is 19.5. The Morgan fingerprint density at radius 3 is 2.59 bits per heavy atom. The first-order valence-corrected chi connectivity index (χ1v) is 10.3. The van der Waals surface area contributed by atoms with Gasteiger partial charge in [-0.1, -0.05) is 0 Å². The Morgan fingerprint density at radius 1 is 1.11 bits per heavy atom. The summed E-state index contributed by atoms with van der Waals surface area (Å²) in [7, 11) is 0. The van der Waals surface area contributed by atoms with E-state index < -0.39 is 0 Å². The minimum Gasteiger partial charge on any atom is -0.357 e. The number of carbonyl (C=O) groups excluding carboxylic acids is 1. The molecule has 2 saturated heterocycles. The van der Waals surface area contributed by atoms with Gasteiger partial charge in [0.2, 0.25) is 5.91 Å². The number of anilines is 1. The van der Waals surface area contributed by atoms with Crippen LogP contribution in [0.1, 0.15) is 44.6 Å². The van der Waals surface area contributed by atoms with E-state index in [0.717, 1.165) is 56.9 Å². The summed E-state index contributed by atoms with van der Waals surface area (Å²) in [4.78, 5) is 25.7. The highest BCUT2D eigenvalue weighted by molar-refractivity contribution is 5.86. The van der Waals surface area contributed by atoms with Crippen LogP contribution in [-0.2, 0) is 11.3 Å². The number of carbonyl (C=O) groups is 1. The molecule has 0 radical (unpaired) electrons. The zero-order valence-corrected chi connectivity index (χ0v) is 16.4. The number of aliphatic imine (C=N–C) groups is 1. The minimum atomic E-state index is 0.148. The van der Waals surface area contributed by atoms with Crippen LogP contribution in [0.5, 0.6) is 0 Å². The molecule has 0 aromatic carbocycles. The fourth-order valence-electron chi connectivity index (χ4n) is 3.60. The van der Waals surface area contributed by atoms with Crippen LogP contribution in [0, 0.1) is 0 Å². The number of nitrogens with zero attached hydrogens (tertiary/aromatic N) is 4. The molecule has 0 aliphatic carbocycles. The fourth-order valence-corrected chi connectivity index (χ4v) is 3.60. The van der Waals surface area contributed by atoms with Crippen LogP contribution in [0.15, 0.2) is 23.3 Å². The second-order valence-corrected chi connectivity index (χ2v) is 7.21. The number of guanidine groups is 1. The van der Waals surface area contributed by atoms with Crippen LogP contribution >= 0.6 is 0 Å². The molecular formula is C20H32N6O. The Morgan fingerprint density at radius 2 is 1.85 bits per heavy atom. The second-order valence-electron chi connectivity index (χ2n) is 7.21. The number of likely N-dealkylation sites (tertiary alicyclic amines) is 1. The molecule has 2 N–H and O–H groups in total. The van der Waals surface area contributed by atoms with Crippen molar-refractivity contribution in [3.8, 4) is 0 Å². The predicted molar refractivity (Wildman–Crippen MR) is 109 cm³/mol. The number of pyridine rings is 1. The van der Waals surface area contributed by atoms with Gasteiger partial charge in [0.05, 0.1) is 13.1 Å². The summed E-state index contributed by atoms with van der Waals surface area (Å²) < 4.78 is 0. The van der Waals surface area contributed by atoms with Gasteiger partial charge in [-0.2, -0.15) is 0 Å². The van der Waals surface area contributed by atoms with Gasteiger partial charge in [0, 0.05) is 38.9 Å². The number of hydrogen-bond donors (Lipinski definition) is 2. The first-order valence-electron chi connectivity index (χ1n) is 10.3. The summed E-state index contributed by atoms with van der Waals surface area (Å²) in [5, 5.41) is 6.39. The van der Waals surface area contributed by atoms with Crippen LogP contribution in [-0.4, -0.2) is 61.0 Å². The van der Waals surface area contributed by atoms with Gasteiger partial charge in [0.25, 0.3) is 0 Å². The van der Waals surface area contributed by atoms with Gasteiger partial charge in [-0.3, -0.25) is 4.79 Å². The Bertz CT molecular complexity index is 635. The van der Waals surface area contributed by atoms with Gasteiger partial charge in [0.15, 0.2) is 5.96 Å². The third kappa shape index (κ3) is 5.84. The zero-order valence-electron chi connectivity index (χ0n) is 16.4. The molecule has 1 aromatic rings. The van der Waals surface area contributed by atoms with E-state index in [1.54, 1.807) is 0 Å². The van der Waals surface area contributed by atoms with Crippen molar-refractivity contribution in [3.05, 3.63) is 23.9 Å². The van der Waals surface area contributed by atoms with E-state index >= 15 is 0 Å². The summed E-state index contributed by atoms with van der Waals surface area (Å²) in [6.45, 7) is 7.58. The number of aromatic nitrogens is 1. The van der Waals surface area contributed by atoms with Gasteiger partial charge in [-0.15, -0.1) is 0 Å². The Labute approximate surface area is 162 Å². The number of amides is 1. The Hall–Kier alpha value is -2.31. The van der Waals surface area contributed by atoms with E-state index in [2.05, 4.69) is 31.6 Å². The van der Waals surface area contributed by atoms with Crippen molar-refractivity contribution in [1.82, 2.24) is 20.5 Å². The average molecular weight is 373 g/mol. The van der Waals surface area contributed by atoms with Crippen molar-refractivity contribution >= 4 is 17.7 Å². The molecule has 148 valence electrons. The summed E-state index contributed by atoms with van der Waals surface area (Å²) >= 11 is 0. The maximum Gasteiger partial charge on any atom is 0.241 e. The quantitative estimate of drug-likeness (QED) is 0.588. The molecule has 0 saturated carbocycles. The van der Waals surface area contributed by atoms with Crippen LogP contribution < -0.4 is 15.5 Å². The molecule has 0 spiro atoms. The number of hydrogen-bond acceptors (Lipinski definition) is 4. The second kappa shape index (κ2) is 10.1. The molecule has 3 heterocycles. The lowest BCUT2D eigenvalue weighted by molar-refractivity contribution is -0.128. The molecule has 2 aliphatic heterocycles. The molecule has 7 heteroatoms. The molecule has 0 unspecified atom stereocenters. The summed E-state index contributed by atoms with van der Waals surface area (Å²) in [5.74, 6) is 1.88. The first-order chi connectivity index (χ1) is 13.3. The number of nitrogens with one attached hydrogen (secondary N) is 2. The van der Waals surface area contributed by atoms with E-state index in [0.29, 0.717) is 19.0 Å². The molecule has 2 aliphatic rings. The van der Waals surface area contributed by atoms with Crippen LogP contribution in [0.2, 0.25) is 0 Å². The van der Waals surface area contributed by atoms with E-state index in [1.807, 2.05) is 24.1 Å². The number of rotatable bonds is 6. The van der Waals surface area contributed by atoms with Crippen molar-refractivity contribution in [3.63, 3.8) is 0 Å². The molecule has 1 aromatic heterocycles. The van der Waals surface area contributed by atoms with Crippen molar-refractivity contribution in [1.29, 1.82) is 0 Å². The molecule has 0 bridgehead atoms. The summed E-state index contributed by atoms with van der Waals surface area (Å²) in [6.07, 6.45) is 7.89. The maximum atomic E-state index is 12.2. The van der Waals surface area contributed by atoms with Crippen molar-refractivity contribution < 1.29 is 4.79 Å². The van der Waals surface area contributed by atoms with E-state index in [9.17, 15) is 4.79 Å². The molecular weight excluding hydrogens is 340 g/mol. The van der Waals surface area contributed by atoms with Gasteiger partial charge >= 0.3 is 0 Å². The Balaban J connectivity index is 1.56. The number of piperidine rings is 1. The lowest BCUT2D eigenvalue weighted by Gasteiger charge is -2.27. The molecule has 27 heavy (non-hydrogen) atoms. The normalized spacial score (nSPS) is 17.9. The topological polar surface area (TPSA) is 72.9 Å². The highest BCUT2D eigenvalue weighted by atomic mass is 16.2. The SMILES string of the molecule is CCNC(=NCc1ccnc(N2CCCCC2)c1)NCC(=O)N1CCCC1. The van der Waals surface area contributed by atoms with Gasteiger partial charge in [0.1, 0.15) is 5.82 Å². The standard InChI is InChI=1S/C20H32N6O/c1-2-21-20(24-16-19(27)26-12-6-7-13-26)23-15-17-8-9-22-18(14-17)25-10-4-3-5-11-25/h8-9,14H,2-7,10-13,15-16H2,1H3,(H2,21,23,24). The maximum absolute atomic E-state index is 12.2. The molecule has 3 rings (SSSR count). The molecule has 2 fully saturated rings. The van der Waals surface area contributed by atoms with Gasteiger partial charge in [-0.25, -0.2) is 9.98 Å². The minimum absolute atomic E-state index is 0.148. The van der Waals surface area contributed by atoms with E-state index in [1.165, 1.54) is 19.3 Å². The average Bonchev–Trinajstić information content (AvgIpc) is 3.26. The highest BCUT2D eigenvalue weighted by Gasteiger charge is 2.17. The van der Waals surface area contributed by atoms with Crippen LogP contribution in [0.25, 0.3) is 0 Å². The van der Waals surface area contributed by atoms with Crippen molar-refractivity contribution in [2.45, 2.75) is 45.6 Å². The summed E-state index contributed by atoms with van der Waals surface area (Å²) in [6, 6.07) is 4.14. The van der Waals surface area contributed by atoms with Crippen LogP contribution in [0.3, 0.4) is 0 Å². The monoisotopic (exact) mass is 372 g/mol. The largest absolute Gasteiger partial charge is 0.357 e. The van der Waals surface area contributed by atoms with Crippen LogP contribution in [0.4, 0.5) is 5.82 Å². The third-order valence-electron chi connectivity index (χ3n) is 5.12. The smallest absolute Gasteiger partial charge is 0.241 e. The van der Waals surface area contributed by atoms with Gasteiger partial charge in [-0.05, 0) is 56.7 Å². The zero-order chi connectivity index (χ0) is 18.9. The van der Waals surface area contributed by atoms with E-state index in [4.69, 9.17) is 0 Å². The fraction of sp³-hybridized carbons (Fsp3) is 0.650. The van der Waals surface area contributed by atoms with Gasteiger partial charge < -0.3 is 20.4 Å². The Kier molecular flexibility index (Phi) is 7.30. The molecule has 1 amide bonds. The third-order valence-corrected chi connectivity index (χ3v) is 5.12. The highest BCUT2D eigenvalue weighted by Crippen LogP contribution is 2.18. The lowest BCUT2D eigenvalue weighted by Crippen LogP contribution is -2.44. The van der Waals surface area contributed by atoms with E-state index in [-0.39, 0.29) is 5.91 Å². The molecule has 0 atom stereocenters. The van der Waals surface area contributed by atoms with Crippen molar-refractivity contribution in [2.24, 2.45) is 4.99 Å². The van der Waals surface area contributed by atoms with Crippen molar-refractivity contribution in [2.75, 3.05) is 44.2 Å². The predicted octanol–water partition coefficient (Wildman–Crippen LogP) is 1.75. The molecule has 7 nitrogen and oxygen atoms in total. The summed E-state index contributed by atoms with van der Waals surface area (Å²) in [5.41, 5.74) is 1.13. The lowest BCUT2D eigenvalue weighted by atomic mass is 10.1.